The summed E-state index contributed by atoms with van der Waals surface area (Å²) in [4.78, 5) is 13.3. The Morgan fingerprint density at radius 3 is 2.60 bits per heavy atom. The van der Waals surface area contributed by atoms with Crippen LogP contribution in [-0.2, 0) is 0 Å². The zero-order valence-electron chi connectivity index (χ0n) is 9.32. The number of carbonyl (C=O) groups excluding carboxylic acids is 1. The fraction of sp³-hybridized carbons (Fsp3) is 0.583. The van der Waals surface area contributed by atoms with Gasteiger partial charge in [0.05, 0.1) is 0 Å². The van der Waals surface area contributed by atoms with E-state index in [1.54, 1.807) is 6.07 Å². The van der Waals surface area contributed by atoms with Crippen LogP contribution in [0.1, 0.15) is 37.2 Å². The van der Waals surface area contributed by atoms with Gasteiger partial charge in [0.15, 0.2) is 17.4 Å². The first-order valence-electron chi connectivity index (χ1n) is 5.52. The molecule has 15 heavy (non-hydrogen) atoms. The molecule has 82 valence electrons. The van der Waals surface area contributed by atoms with Crippen molar-refractivity contribution >= 4 is 11.7 Å². The molecule has 1 aliphatic rings. The van der Waals surface area contributed by atoms with Crippen molar-refractivity contribution in [2.45, 2.75) is 26.7 Å². The van der Waals surface area contributed by atoms with Gasteiger partial charge in [-0.2, -0.15) is 0 Å². The van der Waals surface area contributed by atoms with E-state index in [0.29, 0.717) is 5.76 Å². The molecule has 2 rings (SSSR count). The Balaban J connectivity index is 2.06. The molecule has 0 radical (unpaired) electrons. The van der Waals surface area contributed by atoms with Crippen LogP contribution in [0.5, 0.6) is 0 Å². The van der Waals surface area contributed by atoms with Gasteiger partial charge in [0.25, 0.3) is 0 Å². The third-order valence-corrected chi connectivity index (χ3v) is 3.03. The topological polar surface area (TPSA) is 33.5 Å². The number of nitrogens with zero attached hydrogens (tertiary/aromatic N) is 1. The summed E-state index contributed by atoms with van der Waals surface area (Å²) in [6, 6.07) is 3.66. The minimum Gasteiger partial charge on any atom is -0.437 e. The second-order valence-corrected chi connectivity index (χ2v) is 4.36. The first-order chi connectivity index (χ1) is 7.16. The first kappa shape index (κ1) is 10.3. The lowest BCUT2D eigenvalue weighted by Gasteiger charge is -2.29. The summed E-state index contributed by atoms with van der Waals surface area (Å²) in [5, 5.41) is 0. The van der Waals surface area contributed by atoms with E-state index in [4.69, 9.17) is 4.42 Å². The first-order valence-corrected chi connectivity index (χ1v) is 5.52. The van der Waals surface area contributed by atoms with Gasteiger partial charge in [-0.05, 0) is 24.8 Å². The lowest BCUT2D eigenvalue weighted by atomic mass is 9.99. The smallest absolute Gasteiger partial charge is 0.196 e. The molecule has 0 atom stereocenters. The lowest BCUT2D eigenvalue weighted by Crippen LogP contribution is -2.32. The summed E-state index contributed by atoms with van der Waals surface area (Å²) in [5.41, 5.74) is 0. The molecule has 0 unspecified atom stereocenters. The van der Waals surface area contributed by atoms with Crippen molar-refractivity contribution in [3.05, 3.63) is 17.9 Å². The van der Waals surface area contributed by atoms with Crippen LogP contribution in [0.2, 0.25) is 0 Å². The summed E-state index contributed by atoms with van der Waals surface area (Å²) < 4.78 is 5.50. The number of ketones is 1. The van der Waals surface area contributed by atoms with Crippen molar-refractivity contribution in [2.24, 2.45) is 5.92 Å². The number of rotatable bonds is 2. The Morgan fingerprint density at radius 2 is 2.07 bits per heavy atom. The second kappa shape index (κ2) is 4.09. The number of carbonyl (C=O) groups is 1. The third kappa shape index (κ3) is 2.22. The maximum Gasteiger partial charge on any atom is 0.196 e. The Morgan fingerprint density at radius 1 is 1.40 bits per heavy atom. The van der Waals surface area contributed by atoms with Gasteiger partial charge >= 0.3 is 0 Å². The third-order valence-electron chi connectivity index (χ3n) is 3.03. The van der Waals surface area contributed by atoms with Crippen molar-refractivity contribution in [1.82, 2.24) is 0 Å². The second-order valence-electron chi connectivity index (χ2n) is 4.36. The summed E-state index contributed by atoms with van der Waals surface area (Å²) >= 11 is 0. The Kier molecular flexibility index (Phi) is 2.80. The maximum atomic E-state index is 11.1. The minimum absolute atomic E-state index is 0.00775. The molecular formula is C12H17NO2. The van der Waals surface area contributed by atoms with E-state index in [0.717, 1.165) is 24.9 Å². The monoisotopic (exact) mass is 207 g/mol. The molecule has 0 spiro atoms. The van der Waals surface area contributed by atoms with Crippen molar-refractivity contribution in [1.29, 1.82) is 0 Å². The van der Waals surface area contributed by atoms with Crippen LogP contribution in [0.25, 0.3) is 0 Å². The molecule has 3 nitrogen and oxygen atoms in total. The molecule has 0 bridgehead atoms. The molecule has 1 aromatic rings. The van der Waals surface area contributed by atoms with E-state index < -0.39 is 0 Å². The Bertz CT molecular complexity index is 348. The molecule has 0 N–H and O–H groups in total. The van der Waals surface area contributed by atoms with E-state index in [1.165, 1.54) is 19.8 Å². The molecule has 0 amide bonds. The maximum absolute atomic E-state index is 11.1. The quantitative estimate of drug-likeness (QED) is 0.699. The molecule has 1 aromatic heterocycles. The van der Waals surface area contributed by atoms with Crippen molar-refractivity contribution in [3.63, 3.8) is 0 Å². The van der Waals surface area contributed by atoms with Gasteiger partial charge in [-0.1, -0.05) is 6.92 Å². The highest BCUT2D eigenvalue weighted by atomic mass is 16.4. The van der Waals surface area contributed by atoms with Gasteiger partial charge in [-0.25, -0.2) is 0 Å². The van der Waals surface area contributed by atoms with Gasteiger partial charge in [-0.15, -0.1) is 0 Å². The van der Waals surface area contributed by atoms with Crippen LogP contribution in [0.3, 0.4) is 0 Å². The molecule has 0 aliphatic carbocycles. The van der Waals surface area contributed by atoms with Gasteiger partial charge in [0.1, 0.15) is 0 Å². The van der Waals surface area contributed by atoms with Crippen LogP contribution in [0, 0.1) is 5.92 Å². The van der Waals surface area contributed by atoms with Crippen LogP contribution in [-0.4, -0.2) is 18.9 Å². The van der Waals surface area contributed by atoms with E-state index in [1.807, 2.05) is 6.07 Å². The highest BCUT2D eigenvalue weighted by molar-refractivity contribution is 5.91. The number of furan rings is 1. The average Bonchev–Trinajstić information content (AvgIpc) is 2.68. The Hall–Kier alpha value is -1.25. The Labute approximate surface area is 90.1 Å². The molecule has 1 aliphatic heterocycles. The van der Waals surface area contributed by atoms with Crippen LogP contribution >= 0.6 is 0 Å². The predicted molar refractivity (Wildman–Crippen MR) is 59.3 cm³/mol. The molecule has 0 aromatic carbocycles. The van der Waals surface area contributed by atoms with E-state index >= 15 is 0 Å². The zero-order valence-corrected chi connectivity index (χ0v) is 9.32. The molecule has 1 fully saturated rings. The average molecular weight is 207 g/mol. The van der Waals surface area contributed by atoms with E-state index in [9.17, 15) is 4.79 Å². The van der Waals surface area contributed by atoms with Gasteiger partial charge in [0.2, 0.25) is 0 Å². The summed E-state index contributed by atoms with van der Waals surface area (Å²) in [6.45, 7) is 5.87. The van der Waals surface area contributed by atoms with Crippen LogP contribution < -0.4 is 4.90 Å². The molecule has 1 saturated heterocycles. The van der Waals surface area contributed by atoms with Crippen molar-refractivity contribution in [2.75, 3.05) is 18.0 Å². The highest BCUT2D eigenvalue weighted by Gasteiger charge is 2.18. The van der Waals surface area contributed by atoms with Crippen molar-refractivity contribution in [3.8, 4) is 0 Å². The molecule has 3 heteroatoms. The van der Waals surface area contributed by atoms with Gasteiger partial charge in [-0.3, -0.25) is 4.79 Å². The van der Waals surface area contributed by atoms with Crippen LogP contribution in [0.4, 0.5) is 5.88 Å². The normalized spacial score (nSPS) is 18.1. The number of Topliss-reactive ketones (excluding diaryl/α,β-unsaturated/α-hetero) is 1. The van der Waals surface area contributed by atoms with E-state index in [-0.39, 0.29) is 5.78 Å². The number of anilines is 1. The zero-order chi connectivity index (χ0) is 10.8. The summed E-state index contributed by atoms with van der Waals surface area (Å²) in [6.07, 6.45) is 2.41. The number of hydrogen-bond acceptors (Lipinski definition) is 3. The SMILES string of the molecule is CC(=O)c1ccc(N2CCC(C)CC2)o1. The highest BCUT2D eigenvalue weighted by Crippen LogP contribution is 2.24. The fourth-order valence-corrected chi connectivity index (χ4v) is 1.92. The standard InChI is InChI=1S/C12H17NO2/c1-9-5-7-13(8-6-9)12-4-3-11(15-12)10(2)14/h3-4,9H,5-8H2,1-2H3. The summed E-state index contributed by atoms with van der Waals surface area (Å²) in [5.74, 6) is 2.10. The van der Waals surface area contributed by atoms with Crippen molar-refractivity contribution < 1.29 is 9.21 Å². The molecular weight excluding hydrogens is 190 g/mol. The number of hydrogen-bond donors (Lipinski definition) is 0. The fourth-order valence-electron chi connectivity index (χ4n) is 1.92. The largest absolute Gasteiger partial charge is 0.437 e. The van der Waals surface area contributed by atoms with Gasteiger partial charge in [0, 0.05) is 26.1 Å². The summed E-state index contributed by atoms with van der Waals surface area (Å²) in [7, 11) is 0. The van der Waals surface area contributed by atoms with Crippen LogP contribution in [0.15, 0.2) is 16.5 Å². The van der Waals surface area contributed by atoms with E-state index in [2.05, 4.69) is 11.8 Å². The minimum atomic E-state index is -0.00775. The molecule has 2 heterocycles. The predicted octanol–water partition coefficient (Wildman–Crippen LogP) is 2.72. The van der Waals surface area contributed by atoms with Gasteiger partial charge < -0.3 is 9.32 Å². The molecule has 0 saturated carbocycles. The number of piperidine rings is 1. The lowest BCUT2D eigenvalue weighted by molar-refractivity contribution is 0.0987.